The lowest BCUT2D eigenvalue weighted by Crippen LogP contribution is -2.35. The Bertz CT molecular complexity index is 471. The normalized spacial score (nSPS) is 34.1. The minimum atomic E-state index is -0.707. The molecule has 1 aromatic rings. The highest BCUT2D eigenvalue weighted by molar-refractivity contribution is 5.45. The Hall–Kier alpha value is -1.22. The first-order chi connectivity index (χ1) is 9.08. The van der Waals surface area contributed by atoms with E-state index < -0.39 is 5.60 Å². The maximum Gasteiger partial charge on any atom is 0.161 e. The van der Waals surface area contributed by atoms with Crippen LogP contribution in [0, 0.1) is 11.8 Å². The van der Waals surface area contributed by atoms with Gasteiger partial charge < -0.3 is 14.6 Å². The highest BCUT2D eigenvalue weighted by Gasteiger charge is 2.37. The quantitative estimate of drug-likeness (QED) is 0.845. The first kappa shape index (κ1) is 12.8. The van der Waals surface area contributed by atoms with Gasteiger partial charge in [-0.15, -0.1) is 0 Å². The van der Waals surface area contributed by atoms with Crippen LogP contribution < -0.4 is 9.47 Å². The fraction of sp³-hybridized carbons (Fsp3) is 0.625. The number of fused-ring (bicyclic) bond motifs is 1. The third kappa shape index (κ3) is 2.32. The van der Waals surface area contributed by atoms with Crippen molar-refractivity contribution in [3.63, 3.8) is 0 Å². The summed E-state index contributed by atoms with van der Waals surface area (Å²) in [7, 11) is 0. The Morgan fingerprint density at radius 2 is 1.84 bits per heavy atom. The smallest absolute Gasteiger partial charge is 0.161 e. The van der Waals surface area contributed by atoms with Gasteiger partial charge in [0.25, 0.3) is 0 Å². The molecular formula is C16H22O3. The van der Waals surface area contributed by atoms with Gasteiger partial charge in [-0.2, -0.15) is 0 Å². The van der Waals surface area contributed by atoms with Crippen LogP contribution in [0.25, 0.3) is 0 Å². The van der Waals surface area contributed by atoms with Crippen LogP contribution in [0.15, 0.2) is 18.2 Å². The summed E-state index contributed by atoms with van der Waals surface area (Å²) in [5, 5.41) is 10.9. The van der Waals surface area contributed by atoms with Gasteiger partial charge in [-0.3, -0.25) is 0 Å². The number of benzene rings is 1. The highest BCUT2D eigenvalue weighted by Crippen LogP contribution is 2.44. The summed E-state index contributed by atoms with van der Waals surface area (Å²) in [4.78, 5) is 0. The maximum absolute atomic E-state index is 10.9. The van der Waals surface area contributed by atoms with Gasteiger partial charge in [-0.05, 0) is 48.8 Å². The second-order valence-electron chi connectivity index (χ2n) is 6.09. The number of rotatable bonds is 1. The summed E-state index contributed by atoms with van der Waals surface area (Å²) < 4.78 is 11.1. The van der Waals surface area contributed by atoms with Crippen molar-refractivity contribution in [2.75, 3.05) is 13.2 Å². The predicted octanol–water partition coefficient (Wildman–Crippen LogP) is 3.10. The summed E-state index contributed by atoms with van der Waals surface area (Å²) in [5.41, 5.74) is 0.261. The topological polar surface area (TPSA) is 38.7 Å². The predicted molar refractivity (Wildman–Crippen MR) is 73.5 cm³/mol. The molecule has 0 amide bonds. The van der Waals surface area contributed by atoms with Crippen LogP contribution in [0.2, 0.25) is 0 Å². The zero-order valence-electron chi connectivity index (χ0n) is 11.7. The van der Waals surface area contributed by atoms with E-state index in [0.29, 0.717) is 25.0 Å². The van der Waals surface area contributed by atoms with E-state index in [-0.39, 0.29) is 0 Å². The van der Waals surface area contributed by atoms with Crippen LogP contribution in [0.1, 0.15) is 38.7 Å². The zero-order chi connectivity index (χ0) is 13.5. The fourth-order valence-corrected chi connectivity index (χ4v) is 3.18. The van der Waals surface area contributed by atoms with Crippen LogP contribution >= 0.6 is 0 Å². The van der Waals surface area contributed by atoms with Crippen molar-refractivity contribution in [3.05, 3.63) is 23.8 Å². The summed E-state index contributed by atoms with van der Waals surface area (Å²) in [6, 6.07) is 5.86. The van der Waals surface area contributed by atoms with Crippen molar-refractivity contribution >= 4 is 0 Å². The number of ether oxygens (including phenoxy) is 2. The van der Waals surface area contributed by atoms with Crippen molar-refractivity contribution in [1.29, 1.82) is 0 Å². The summed E-state index contributed by atoms with van der Waals surface area (Å²) >= 11 is 0. The molecule has 104 valence electrons. The molecule has 1 fully saturated rings. The number of aliphatic hydroxyl groups is 1. The number of hydrogen-bond donors (Lipinski definition) is 1. The summed E-state index contributed by atoms with van der Waals surface area (Å²) in [6.45, 7) is 5.69. The van der Waals surface area contributed by atoms with Crippen LogP contribution in [-0.2, 0) is 5.60 Å². The molecule has 0 aromatic heterocycles. The lowest BCUT2D eigenvalue weighted by atomic mass is 9.70. The molecule has 0 radical (unpaired) electrons. The van der Waals surface area contributed by atoms with Crippen molar-refractivity contribution in [1.82, 2.24) is 0 Å². The standard InChI is InChI=1S/C16H22O3/c1-11-5-6-16(17,10-12(11)2)13-3-4-14-15(9-13)19-8-7-18-14/h3-4,9,11-12,17H,5-8,10H2,1-2H3. The van der Waals surface area contributed by atoms with Crippen LogP contribution in [-0.4, -0.2) is 18.3 Å². The van der Waals surface area contributed by atoms with Crippen molar-refractivity contribution in [2.24, 2.45) is 11.8 Å². The van der Waals surface area contributed by atoms with E-state index in [1.807, 2.05) is 18.2 Å². The van der Waals surface area contributed by atoms with Gasteiger partial charge in [-0.1, -0.05) is 19.9 Å². The molecule has 1 aromatic carbocycles. The highest BCUT2D eigenvalue weighted by atomic mass is 16.6. The second kappa shape index (κ2) is 4.71. The number of hydrogen-bond acceptors (Lipinski definition) is 3. The molecule has 0 bridgehead atoms. The van der Waals surface area contributed by atoms with Crippen molar-refractivity contribution < 1.29 is 14.6 Å². The van der Waals surface area contributed by atoms with E-state index in [0.717, 1.165) is 36.3 Å². The Balaban J connectivity index is 1.89. The Morgan fingerprint density at radius 3 is 2.58 bits per heavy atom. The Morgan fingerprint density at radius 1 is 1.11 bits per heavy atom. The van der Waals surface area contributed by atoms with E-state index in [1.54, 1.807) is 0 Å². The molecule has 19 heavy (non-hydrogen) atoms. The second-order valence-corrected chi connectivity index (χ2v) is 6.09. The average Bonchev–Trinajstić information content (AvgIpc) is 2.43. The third-order valence-electron chi connectivity index (χ3n) is 4.72. The minimum absolute atomic E-state index is 0.548. The molecule has 3 nitrogen and oxygen atoms in total. The monoisotopic (exact) mass is 262 g/mol. The van der Waals surface area contributed by atoms with Gasteiger partial charge in [0, 0.05) is 0 Å². The van der Waals surface area contributed by atoms with Crippen molar-refractivity contribution in [2.45, 2.75) is 38.7 Å². The van der Waals surface area contributed by atoms with E-state index in [1.165, 1.54) is 0 Å². The van der Waals surface area contributed by atoms with Crippen molar-refractivity contribution in [3.8, 4) is 11.5 Å². The van der Waals surface area contributed by atoms with Gasteiger partial charge >= 0.3 is 0 Å². The van der Waals surface area contributed by atoms with Gasteiger partial charge in [-0.25, -0.2) is 0 Å². The molecule has 1 heterocycles. The minimum Gasteiger partial charge on any atom is -0.486 e. The van der Waals surface area contributed by atoms with Gasteiger partial charge in [0.1, 0.15) is 13.2 Å². The van der Waals surface area contributed by atoms with Crippen LogP contribution in [0.5, 0.6) is 11.5 Å². The molecule has 3 unspecified atom stereocenters. The van der Waals surface area contributed by atoms with Crippen LogP contribution in [0.3, 0.4) is 0 Å². The Kier molecular flexibility index (Phi) is 3.17. The van der Waals surface area contributed by atoms with E-state index in [4.69, 9.17) is 9.47 Å². The van der Waals surface area contributed by atoms with Gasteiger partial charge in [0.15, 0.2) is 11.5 Å². The Labute approximate surface area is 114 Å². The van der Waals surface area contributed by atoms with E-state index in [2.05, 4.69) is 13.8 Å². The lowest BCUT2D eigenvalue weighted by molar-refractivity contribution is -0.0338. The average molecular weight is 262 g/mol. The van der Waals surface area contributed by atoms with E-state index in [9.17, 15) is 5.11 Å². The van der Waals surface area contributed by atoms with Gasteiger partial charge in [0.05, 0.1) is 5.60 Å². The lowest BCUT2D eigenvalue weighted by Gasteiger charge is -2.39. The fourth-order valence-electron chi connectivity index (χ4n) is 3.18. The summed E-state index contributed by atoms with van der Waals surface area (Å²) in [5.74, 6) is 2.80. The van der Waals surface area contributed by atoms with Gasteiger partial charge in [0.2, 0.25) is 0 Å². The molecule has 0 spiro atoms. The summed E-state index contributed by atoms with van der Waals surface area (Å²) in [6.07, 6.45) is 2.73. The van der Waals surface area contributed by atoms with E-state index >= 15 is 0 Å². The molecule has 1 aliphatic carbocycles. The molecule has 1 saturated carbocycles. The van der Waals surface area contributed by atoms with Crippen LogP contribution in [0.4, 0.5) is 0 Å². The molecular weight excluding hydrogens is 240 g/mol. The molecule has 2 aliphatic rings. The largest absolute Gasteiger partial charge is 0.486 e. The molecule has 3 atom stereocenters. The zero-order valence-corrected chi connectivity index (χ0v) is 11.7. The molecule has 1 N–H and O–H groups in total. The first-order valence-corrected chi connectivity index (χ1v) is 7.21. The first-order valence-electron chi connectivity index (χ1n) is 7.21. The molecule has 3 heteroatoms. The molecule has 3 rings (SSSR count). The maximum atomic E-state index is 10.9. The third-order valence-corrected chi connectivity index (χ3v) is 4.72. The molecule has 0 saturated heterocycles. The SMILES string of the molecule is CC1CCC(O)(c2ccc3c(c2)OCCO3)CC1C. The molecule has 1 aliphatic heterocycles.